The van der Waals surface area contributed by atoms with E-state index in [4.69, 9.17) is 16.3 Å². The Bertz CT molecular complexity index is 610. The Morgan fingerprint density at radius 3 is 2.95 bits per heavy atom. The highest BCUT2D eigenvalue weighted by Crippen LogP contribution is 2.28. The minimum Gasteiger partial charge on any atom is -0.436 e. The number of nitrogens with one attached hydrogen (secondary N) is 1. The maximum Gasteiger partial charge on any atom is 0.219 e. The Balaban J connectivity index is 2.22. The van der Waals surface area contributed by atoms with Gasteiger partial charge in [-0.15, -0.1) is 0 Å². The molecule has 0 aliphatic carbocycles. The lowest BCUT2D eigenvalue weighted by Gasteiger charge is -2.09. The Hall–Kier alpha value is -1.17. The molecule has 2 aromatic rings. The van der Waals surface area contributed by atoms with Gasteiger partial charge in [0.05, 0.1) is 5.02 Å². The molecular formula is C14H13BrClFN2O. The number of rotatable bonds is 5. The molecule has 0 amide bonds. The lowest BCUT2D eigenvalue weighted by molar-refractivity contribution is 0.426. The van der Waals surface area contributed by atoms with Crippen LogP contribution in [-0.4, -0.2) is 11.5 Å². The van der Waals surface area contributed by atoms with Gasteiger partial charge in [0.25, 0.3) is 0 Å². The summed E-state index contributed by atoms with van der Waals surface area (Å²) in [7, 11) is 0. The molecule has 1 aromatic heterocycles. The summed E-state index contributed by atoms with van der Waals surface area (Å²) >= 11 is 9.32. The number of hydrogen-bond donors (Lipinski definition) is 1. The van der Waals surface area contributed by atoms with Crippen molar-refractivity contribution >= 4 is 27.5 Å². The summed E-state index contributed by atoms with van der Waals surface area (Å²) < 4.78 is 19.8. The summed E-state index contributed by atoms with van der Waals surface area (Å²) in [5.41, 5.74) is 0.855. The molecule has 0 saturated carbocycles. The van der Waals surface area contributed by atoms with Crippen LogP contribution >= 0.6 is 27.5 Å². The van der Waals surface area contributed by atoms with E-state index in [1.807, 2.05) is 6.92 Å². The molecule has 0 fully saturated rings. The summed E-state index contributed by atoms with van der Waals surface area (Å²) in [4.78, 5) is 4.05. The van der Waals surface area contributed by atoms with E-state index >= 15 is 0 Å². The molecule has 0 aliphatic heterocycles. The highest BCUT2D eigenvalue weighted by molar-refractivity contribution is 9.10. The fraction of sp³-hybridized carbons (Fsp3) is 0.214. The summed E-state index contributed by atoms with van der Waals surface area (Å²) in [6.45, 7) is 3.44. The molecule has 6 heteroatoms. The molecular weight excluding hydrogens is 347 g/mol. The fourth-order valence-electron chi connectivity index (χ4n) is 1.58. The van der Waals surface area contributed by atoms with Crippen molar-refractivity contribution < 1.29 is 9.13 Å². The zero-order valence-corrected chi connectivity index (χ0v) is 13.1. The third-order valence-corrected chi connectivity index (χ3v) is 3.42. The van der Waals surface area contributed by atoms with Gasteiger partial charge in [0.1, 0.15) is 0 Å². The average molecular weight is 360 g/mol. The van der Waals surface area contributed by atoms with E-state index in [0.29, 0.717) is 17.4 Å². The van der Waals surface area contributed by atoms with Crippen molar-refractivity contribution in [2.24, 2.45) is 0 Å². The lowest BCUT2D eigenvalue weighted by Crippen LogP contribution is -2.12. The van der Waals surface area contributed by atoms with Crippen molar-refractivity contribution in [3.05, 3.63) is 51.3 Å². The second-order valence-electron chi connectivity index (χ2n) is 4.07. The molecule has 0 atom stereocenters. The average Bonchev–Trinajstić information content (AvgIpc) is 2.43. The van der Waals surface area contributed by atoms with Gasteiger partial charge < -0.3 is 10.1 Å². The van der Waals surface area contributed by atoms with E-state index in [-0.39, 0.29) is 5.75 Å². The second kappa shape index (κ2) is 7.02. The van der Waals surface area contributed by atoms with Crippen molar-refractivity contribution in [3.8, 4) is 11.6 Å². The van der Waals surface area contributed by atoms with E-state index in [0.717, 1.165) is 16.6 Å². The number of benzene rings is 1. The van der Waals surface area contributed by atoms with Gasteiger partial charge in [0.2, 0.25) is 5.88 Å². The topological polar surface area (TPSA) is 34.1 Å². The first kappa shape index (κ1) is 15.2. The van der Waals surface area contributed by atoms with Gasteiger partial charge in [0, 0.05) is 23.3 Å². The van der Waals surface area contributed by atoms with Gasteiger partial charge in [0.15, 0.2) is 11.6 Å². The van der Waals surface area contributed by atoms with Crippen molar-refractivity contribution in [3.63, 3.8) is 0 Å². The Labute approximate surface area is 130 Å². The predicted octanol–water partition coefficient (Wildman–Crippen LogP) is 4.54. The van der Waals surface area contributed by atoms with E-state index < -0.39 is 5.82 Å². The molecule has 20 heavy (non-hydrogen) atoms. The number of pyridine rings is 1. The smallest absolute Gasteiger partial charge is 0.219 e. The Kier molecular flexibility index (Phi) is 5.34. The lowest BCUT2D eigenvalue weighted by atomic mass is 10.2. The van der Waals surface area contributed by atoms with Crippen molar-refractivity contribution in [1.82, 2.24) is 10.3 Å². The zero-order valence-electron chi connectivity index (χ0n) is 10.8. The number of ether oxygens (including phenoxy) is 1. The number of aromatic nitrogens is 1. The standard InChI is InChI=1S/C14H13BrClFN2O/c1-2-18-7-9-5-14(19-8-11(9)16)20-13-6-10(15)3-4-12(13)17/h3-6,8,18H,2,7H2,1H3. The first-order chi connectivity index (χ1) is 9.60. The summed E-state index contributed by atoms with van der Waals surface area (Å²) in [6.07, 6.45) is 1.50. The molecule has 0 saturated heterocycles. The molecule has 1 N–H and O–H groups in total. The maximum atomic E-state index is 13.6. The number of nitrogens with zero attached hydrogens (tertiary/aromatic N) is 1. The molecule has 0 radical (unpaired) electrons. The van der Waals surface area contributed by atoms with Gasteiger partial charge in [-0.1, -0.05) is 34.5 Å². The van der Waals surface area contributed by atoms with E-state index in [1.54, 1.807) is 18.2 Å². The van der Waals surface area contributed by atoms with Gasteiger partial charge in [-0.2, -0.15) is 0 Å². The normalized spacial score (nSPS) is 10.6. The van der Waals surface area contributed by atoms with Crippen molar-refractivity contribution in [1.29, 1.82) is 0 Å². The molecule has 106 valence electrons. The number of hydrogen-bond acceptors (Lipinski definition) is 3. The van der Waals surface area contributed by atoms with Gasteiger partial charge in [-0.05, 0) is 30.3 Å². The van der Waals surface area contributed by atoms with Crippen LogP contribution in [-0.2, 0) is 6.54 Å². The summed E-state index contributed by atoms with van der Waals surface area (Å²) in [5.74, 6) is -0.0268. The zero-order chi connectivity index (χ0) is 14.5. The van der Waals surface area contributed by atoms with Crippen LogP contribution in [0.15, 0.2) is 34.9 Å². The summed E-state index contributed by atoms with van der Waals surface area (Å²) in [6, 6.07) is 6.18. The fourth-order valence-corrected chi connectivity index (χ4v) is 2.09. The molecule has 0 bridgehead atoms. The van der Waals surface area contributed by atoms with Gasteiger partial charge in [-0.3, -0.25) is 0 Å². The molecule has 0 aliphatic rings. The Morgan fingerprint density at radius 2 is 2.20 bits per heavy atom. The Morgan fingerprint density at radius 1 is 1.40 bits per heavy atom. The first-order valence-electron chi connectivity index (χ1n) is 6.08. The number of halogens is 3. The SMILES string of the molecule is CCNCc1cc(Oc2cc(Br)ccc2F)ncc1Cl. The van der Waals surface area contributed by atoms with Crippen LogP contribution in [0, 0.1) is 5.82 Å². The monoisotopic (exact) mass is 358 g/mol. The molecule has 2 rings (SSSR count). The third kappa shape index (κ3) is 3.91. The van der Waals surface area contributed by atoms with Crippen LogP contribution in [0.3, 0.4) is 0 Å². The van der Waals surface area contributed by atoms with Crippen LogP contribution in [0.2, 0.25) is 5.02 Å². The third-order valence-electron chi connectivity index (χ3n) is 2.58. The minimum atomic E-state index is -0.446. The molecule has 0 spiro atoms. The largest absolute Gasteiger partial charge is 0.436 e. The summed E-state index contributed by atoms with van der Waals surface area (Å²) in [5, 5.41) is 3.72. The van der Waals surface area contributed by atoms with Crippen molar-refractivity contribution in [2.45, 2.75) is 13.5 Å². The van der Waals surface area contributed by atoms with Gasteiger partial charge >= 0.3 is 0 Å². The second-order valence-corrected chi connectivity index (χ2v) is 5.39. The van der Waals surface area contributed by atoms with Crippen LogP contribution in [0.5, 0.6) is 11.6 Å². The molecule has 0 unspecified atom stereocenters. The highest BCUT2D eigenvalue weighted by atomic mass is 79.9. The molecule has 1 aromatic carbocycles. The van der Waals surface area contributed by atoms with Crippen molar-refractivity contribution in [2.75, 3.05) is 6.54 Å². The molecule has 1 heterocycles. The predicted molar refractivity (Wildman–Crippen MR) is 80.8 cm³/mol. The van der Waals surface area contributed by atoms with Crippen LogP contribution < -0.4 is 10.1 Å². The first-order valence-corrected chi connectivity index (χ1v) is 7.25. The van der Waals surface area contributed by atoms with Crippen LogP contribution in [0.25, 0.3) is 0 Å². The van der Waals surface area contributed by atoms with Crippen LogP contribution in [0.1, 0.15) is 12.5 Å². The maximum absolute atomic E-state index is 13.6. The van der Waals surface area contributed by atoms with E-state index in [9.17, 15) is 4.39 Å². The molecule has 3 nitrogen and oxygen atoms in total. The van der Waals surface area contributed by atoms with Crippen LogP contribution in [0.4, 0.5) is 4.39 Å². The van der Waals surface area contributed by atoms with E-state index in [1.165, 1.54) is 12.3 Å². The van der Waals surface area contributed by atoms with Gasteiger partial charge in [-0.25, -0.2) is 9.37 Å². The quantitative estimate of drug-likeness (QED) is 0.851. The minimum absolute atomic E-state index is 0.114. The highest BCUT2D eigenvalue weighted by Gasteiger charge is 2.09. The van der Waals surface area contributed by atoms with E-state index in [2.05, 4.69) is 26.2 Å².